The minimum atomic E-state index is -0.729. The van der Waals surface area contributed by atoms with Gasteiger partial charge in [-0.05, 0) is 43.5 Å². The van der Waals surface area contributed by atoms with Crippen molar-refractivity contribution in [1.82, 2.24) is 19.9 Å². The fourth-order valence-corrected chi connectivity index (χ4v) is 6.10. The average molecular weight is 539 g/mol. The molecule has 0 spiro atoms. The highest BCUT2D eigenvalue weighted by molar-refractivity contribution is 5.86. The fourth-order valence-electron chi connectivity index (χ4n) is 6.10. The summed E-state index contributed by atoms with van der Waals surface area (Å²) in [5, 5.41) is 20.1. The smallest absolute Gasteiger partial charge is 0.212 e. The SMILES string of the molecule is COc1ccc(CN2C3CC2CN(c2ccc(-c4cc(N5CCC(C)(O)C5)cnc4/C(C#N)=C\N)cn2)C3)cn1. The number of allylic oxidation sites excluding steroid dienone is 1. The number of ether oxygens (including phenoxy) is 1. The molecule has 0 aromatic carbocycles. The number of β-amino-alcohol motifs (C(OH)–C–C–N with tert-alkyl or cyclic N) is 1. The van der Waals surface area contributed by atoms with Crippen molar-refractivity contribution in [1.29, 1.82) is 5.26 Å². The Kier molecular flexibility index (Phi) is 6.78. The second-order valence-electron chi connectivity index (χ2n) is 11.2. The van der Waals surface area contributed by atoms with E-state index in [0.717, 1.165) is 48.8 Å². The Labute approximate surface area is 234 Å². The highest BCUT2D eigenvalue weighted by atomic mass is 16.5. The van der Waals surface area contributed by atoms with Crippen LogP contribution in [0.5, 0.6) is 5.88 Å². The van der Waals surface area contributed by atoms with Gasteiger partial charge in [0.05, 0.1) is 35.9 Å². The lowest BCUT2D eigenvalue weighted by Crippen LogP contribution is -2.68. The number of methoxy groups -OCH3 is 1. The average Bonchev–Trinajstić information content (AvgIpc) is 3.36. The first-order valence-electron chi connectivity index (χ1n) is 13.6. The summed E-state index contributed by atoms with van der Waals surface area (Å²) in [4.78, 5) is 20.8. The van der Waals surface area contributed by atoms with Crippen LogP contribution in [0, 0.1) is 11.3 Å². The minimum absolute atomic E-state index is 0.308. The van der Waals surface area contributed by atoms with Crippen LogP contribution in [0.25, 0.3) is 16.7 Å². The van der Waals surface area contributed by atoms with Crippen molar-refractivity contribution < 1.29 is 9.84 Å². The molecule has 0 amide bonds. The van der Waals surface area contributed by atoms with Gasteiger partial charge in [0.1, 0.15) is 11.9 Å². The van der Waals surface area contributed by atoms with E-state index in [2.05, 4.69) is 36.8 Å². The third-order valence-electron chi connectivity index (χ3n) is 8.33. The monoisotopic (exact) mass is 538 g/mol. The molecule has 3 atom stereocenters. The van der Waals surface area contributed by atoms with Crippen LogP contribution in [0.1, 0.15) is 31.0 Å². The van der Waals surface area contributed by atoms with Crippen molar-refractivity contribution in [3.8, 4) is 23.1 Å². The van der Waals surface area contributed by atoms with Crippen molar-refractivity contribution in [2.75, 3.05) is 43.1 Å². The number of rotatable bonds is 7. The Morgan fingerprint density at radius 1 is 1.15 bits per heavy atom. The molecule has 10 nitrogen and oxygen atoms in total. The highest BCUT2D eigenvalue weighted by Crippen LogP contribution is 2.37. The lowest BCUT2D eigenvalue weighted by Gasteiger charge is -2.56. The number of piperidine rings is 1. The topological polar surface area (TPSA) is 128 Å². The lowest BCUT2D eigenvalue weighted by molar-refractivity contribution is -0.00876. The minimum Gasteiger partial charge on any atom is -0.481 e. The standard InChI is InChI=1S/C30H34N8O2/c1-30(39)7-8-36(19-30)23-10-26(29(35-15-23)22(11-31)12-32)21-4-5-27(33-14-21)37-17-24-9-25(18-37)38(24)16-20-3-6-28(40-2)34-13-20/h3-6,10-11,13-15,24-25,39H,7-9,16-19,31H2,1-2H3/b22-11-. The van der Waals surface area contributed by atoms with Gasteiger partial charge in [-0.25, -0.2) is 9.97 Å². The molecule has 4 aliphatic heterocycles. The van der Waals surface area contributed by atoms with Gasteiger partial charge in [0.2, 0.25) is 5.88 Å². The molecule has 10 heteroatoms. The van der Waals surface area contributed by atoms with Gasteiger partial charge in [-0.15, -0.1) is 0 Å². The molecular formula is C30H34N8O2. The van der Waals surface area contributed by atoms with Gasteiger partial charge < -0.3 is 25.4 Å². The largest absolute Gasteiger partial charge is 0.481 e. The summed E-state index contributed by atoms with van der Waals surface area (Å²) < 4.78 is 5.18. The number of aromatic nitrogens is 3. The van der Waals surface area contributed by atoms with Crippen molar-refractivity contribution in [3.05, 3.63) is 66.4 Å². The molecule has 2 bridgehead atoms. The molecule has 3 unspecified atom stereocenters. The van der Waals surface area contributed by atoms with Crippen LogP contribution in [-0.4, -0.2) is 75.9 Å². The zero-order valence-corrected chi connectivity index (χ0v) is 22.9. The summed E-state index contributed by atoms with van der Waals surface area (Å²) in [6.45, 7) is 5.87. The maximum Gasteiger partial charge on any atom is 0.212 e. The van der Waals surface area contributed by atoms with Crippen LogP contribution < -0.4 is 20.3 Å². The van der Waals surface area contributed by atoms with Gasteiger partial charge >= 0.3 is 0 Å². The Morgan fingerprint density at radius 3 is 2.58 bits per heavy atom. The van der Waals surface area contributed by atoms with Gasteiger partial charge in [-0.2, -0.15) is 5.26 Å². The molecule has 0 radical (unpaired) electrons. The molecule has 3 N–H and O–H groups in total. The molecular weight excluding hydrogens is 504 g/mol. The normalized spacial score (nSPS) is 24.5. The van der Waals surface area contributed by atoms with E-state index in [4.69, 9.17) is 15.5 Å². The zero-order chi connectivity index (χ0) is 27.9. The first kappa shape index (κ1) is 26.0. The van der Waals surface area contributed by atoms with E-state index < -0.39 is 5.60 Å². The first-order chi connectivity index (χ1) is 19.4. The van der Waals surface area contributed by atoms with Gasteiger partial charge in [-0.3, -0.25) is 9.88 Å². The lowest BCUT2D eigenvalue weighted by atomic mass is 9.87. The predicted molar refractivity (Wildman–Crippen MR) is 153 cm³/mol. The van der Waals surface area contributed by atoms with Gasteiger partial charge in [-0.1, -0.05) is 6.07 Å². The van der Waals surface area contributed by atoms with E-state index >= 15 is 0 Å². The Morgan fingerprint density at radius 2 is 1.98 bits per heavy atom. The molecule has 4 fully saturated rings. The number of fused-ring (bicyclic) bond motifs is 2. The number of nitrogens with two attached hydrogens (primary N) is 1. The van der Waals surface area contributed by atoms with Crippen LogP contribution in [-0.2, 0) is 6.54 Å². The van der Waals surface area contributed by atoms with E-state index in [1.54, 1.807) is 13.3 Å². The van der Waals surface area contributed by atoms with Crippen LogP contribution in [0.4, 0.5) is 11.5 Å². The summed E-state index contributed by atoms with van der Waals surface area (Å²) in [7, 11) is 1.63. The van der Waals surface area contributed by atoms with Gasteiger partial charge in [0.25, 0.3) is 0 Å². The molecule has 206 valence electrons. The number of nitriles is 1. The zero-order valence-electron chi connectivity index (χ0n) is 22.9. The van der Waals surface area contributed by atoms with E-state index in [1.165, 1.54) is 18.2 Å². The Hall–Kier alpha value is -4.20. The molecule has 4 aliphatic rings. The third-order valence-corrected chi connectivity index (χ3v) is 8.33. The fraction of sp³-hybridized carbons (Fsp3) is 0.400. The predicted octanol–water partition coefficient (Wildman–Crippen LogP) is 2.79. The third kappa shape index (κ3) is 4.94. The van der Waals surface area contributed by atoms with E-state index in [-0.39, 0.29) is 0 Å². The summed E-state index contributed by atoms with van der Waals surface area (Å²) in [5.74, 6) is 1.58. The summed E-state index contributed by atoms with van der Waals surface area (Å²) in [6.07, 6.45) is 8.68. The van der Waals surface area contributed by atoms with Crippen LogP contribution in [0.15, 0.2) is 55.1 Å². The number of hydrogen-bond donors (Lipinski definition) is 2. The molecule has 3 aromatic heterocycles. The summed E-state index contributed by atoms with van der Waals surface area (Å²) in [5.41, 5.74) is 9.62. The van der Waals surface area contributed by atoms with E-state index in [1.807, 2.05) is 43.6 Å². The second-order valence-corrected chi connectivity index (χ2v) is 11.2. The van der Waals surface area contributed by atoms with Crippen molar-refractivity contribution in [2.45, 2.75) is 44.0 Å². The van der Waals surface area contributed by atoms with Crippen molar-refractivity contribution >= 4 is 17.1 Å². The first-order valence-corrected chi connectivity index (χ1v) is 13.6. The maximum absolute atomic E-state index is 10.5. The molecule has 7 heterocycles. The number of piperazine rings is 1. The quantitative estimate of drug-likeness (QED) is 0.434. The molecule has 3 aromatic rings. The molecule has 7 rings (SSSR count). The van der Waals surface area contributed by atoms with E-state index in [0.29, 0.717) is 42.2 Å². The number of nitrogens with zero attached hydrogens (tertiary/aromatic N) is 7. The number of aliphatic hydroxyl groups is 1. The van der Waals surface area contributed by atoms with Crippen LogP contribution in [0.3, 0.4) is 0 Å². The van der Waals surface area contributed by atoms with E-state index in [9.17, 15) is 10.4 Å². The summed E-state index contributed by atoms with van der Waals surface area (Å²) >= 11 is 0. The molecule has 4 saturated heterocycles. The Balaban J connectivity index is 1.19. The van der Waals surface area contributed by atoms with Crippen LogP contribution in [0.2, 0.25) is 0 Å². The molecule has 0 aliphatic carbocycles. The second kappa shape index (κ2) is 10.4. The number of pyridine rings is 3. The molecule has 0 saturated carbocycles. The van der Waals surface area contributed by atoms with Gasteiger partial charge in [0.15, 0.2) is 0 Å². The summed E-state index contributed by atoms with van der Waals surface area (Å²) in [6, 6.07) is 13.2. The van der Waals surface area contributed by atoms with Crippen molar-refractivity contribution in [2.24, 2.45) is 5.73 Å². The number of anilines is 2. The highest BCUT2D eigenvalue weighted by Gasteiger charge is 2.44. The van der Waals surface area contributed by atoms with Crippen molar-refractivity contribution in [3.63, 3.8) is 0 Å². The maximum atomic E-state index is 10.5. The molecule has 40 heavy (non-hydrogen) atoms. The Bertz CT molecular complexity index is 1440. The number of hydrogen-bond acceptors (Lipinski definition) is 10. The van der Waals surface area contributed by atoms with Crippen LogP contribution >= 0.6 is 0 Å². The van der Waals surface area contributed by atoms with Gasteiger partial charge in [0, 0.05) is 80.6 Å².